The number of aryl methyl sites for hydroxylation is 1. The summed E-state index contributed by atoms with van der Waals surface area (Å²) in [7, 11) is 0. The summed E-state index contributed by atoms with van der Waals surface area (Å²) < 4.78 is 9.12. The number of fused-ring (bicyclic) bond motifs is 3. The van der Waals surface area contributed by atoms with Gasteiger partial charge in [-0.2, -0.15) is 0 Å². The van der Waals surface area contributed by atoms with Crippen LogP contribution in [0.3, 0.4) is 0 Å². The monoisotopic (exact) mass is 584 g/mol. The van der Waals surface area contributed by atoms with Crippen molar-refractivity contribution in [2.75, 3.05) is 6.61 Å². The summed E-state index contributed by atoms with van der Waals surface area (Å²) in [5.74, 6) is 1.25. The molecule has 0 fully saturated rings. The van der Waals surface area contributed by atoms with Gasteiger partial charge in [0, 0.05) is 5.56 Å². The molecule has 0 N–H and O–H groups in total. The lowest BCUT2D eigenvalue weighted by atomic mass is 9.83. The fourth-order valence-corrected chi connectivity index (χ4v) is 6.93. The van der Waals surface area contributed by atoms with E-state index < -0.39 is 0 Å². The maximum atomic E-state index is 14.0. The average molecular weight is 586 g/mol. The van der Waals surface area contributed by atoms with Gasteiger partial charge in [-0.3, -0.25) is 9.36 Å². The van der Waals surface area contributed by atoms with Crippen LogP contribution in [-0.2, 0) is 6.42 Å². The molecule has 1 aliphatic heterocycles. The smallest absolute Gasteiger partial charge is 0.271 e. The minimum absolute atomic E-state index is 0.00195. The molecule has 2 heterocycles. The van der Waals surface area contributed by atoms with Gasteiger partial charge in [-0.25, -0.2) is 4.99 Å². The molecule has 38 heavy (non-hydrogen) atoms. The Morgan fingerprint density at radius 2 is 1.89 bits per heavy atom. The van der Waals surface area contributed by atoms with Gasteiger partial charge in [-0.1, -0.05) is 79.8 Å². The minimum Gasteiger partial charge on any atom is -0.493 e. The highest BCUT2D eigenvalue weighted by Crippen LogP contribution is 2.41. The van der Waals surface area contributed by atoms with E-state index in [0.717, 1.165) is 44.7 Å². The van der Waals surface area contributed by atoms with Crippen LogP contribution in [0.25, 0.3) is 11.8 Å². The number of thiazole rings is 1. The van der Waals surface area contributed by atoms with Crippen molar-refractivity contribution in [1.82, 2.24) is 4.57 Å². The van der Waals surface area contributed by atoms with Crippen molar-refractivity contribution in [1.29, 1.82) is 0 Å². The molecule has 1 aromatic heterocycles. The van der Waals surface area contributed by atoms with Gasteiger partial charge in [0.1, 0.15) is 5.75 Å². The summed E-state index contributed by atoms with van der Waals surface area (Å²) in [6.45, 7) is 6.97. The van der Waals surface area contributed by atoms with Crippen molar-refractivity contribution in [3.8, 4) is 5.75 Å². The van der Waals surface area contributed by atoms with Gasteiger partial charge in [-0.15, -0.1) is 0 Å². The van der Waals surface area contributed by atoms with Crippen LogP contribution in [0.1, 0.15) is 67.0 Å². The van der Waals surface area contributed by atoms with Crippen molar-refractivity contribution in [3.05, 3.63) is 124 Å². The SMILES string of the molecule is CCOc1ccc(C=c2sc3n(c2=O)C(c2ccc(C(C)C)cc2)C2=C(N=3)c3ccccc3CC2)cc1Br. The zero-order valence-electron chi connectivity index (χ0n) is 21.7. The lowest BCUT2D eigenvalue weighted by molar-refractivity contribution is 0.338. The molecule has 0 radical (unpaired) electrons. The minimum atomic E-state index is -0.162. The van der Waals surface area contributed by atoms with Crippen molar-refractivity contribution in [3.63, 3.8) is 0 Å². The fourth-order valence-electron chi connectivity index (χ4n) is 5.42. The molecule has 0 bridgehead atoms. The summed E-state index contributed by atoms with van der Waals surface area (Å²) in [5, 5.41) is 0. The number of hydrogen-bond donors (Lipinski definition) is 0. The Morgan fingerprint density at radius 3 is 2.63 bits per heavy atom. The summed E-state index contributed by atoms with van der Waals surface area (Å²) >= 11 is 5.06. The Balaban J connectivity index is 1.55. The third-order valence-corrected chi connectivity index (χ3v) is 8.95. The van der Waals surface area contributed by atoms with Gasteiger partial charge in [-0.05, 0) is 87.6 Å². The molecular weight excluding hydrogens is 556 g/mol. The lowest BCUT2D eigenvalue weighted by Gasteiger charge is -2.31. The van der Waals surface area contributed by atoms with E-state index in [1.54, 1.807) is 0 Å². The van der Waals surface area contributed by atoms with Crippen LogP contribution in [0.2, 0.25) is 0 Å². The van der Waals surface area contributed by atoms with E-state index in [4.69, 9.17) is 9.73 Å². The van der Waals surface area contributed by atoms with Gasteiger partial charge in [0.25, 0.3) is 5.56 Å². The third kappa shape index (κ3) is 4.40. The summed E-state index contributed by atoms with van der Waals surface area (Å²) in [5.41, 5.74) is 8.14. The molecule has 1 aliphatic carbocycles. The second-order valence-electron chi connectivity index (χ2n) is 10.1. The number of benzene rings is 3. The normalized spacial score (nSPS) is 16.7. The first-order valence-electron chi connectivity index (χ1n) is 13.1. The number of allylic oxidation sites excluding steroid dienone is 1. The van der Waals surface area contributed by atoms with Crippen LogP contribution in [0, 0.1) is 0 Å². The quantitative estimate of drug-likeness (QED) is 0.265. The van der Waals surface area contributed by atoms with E-state index in [2.05, 4.69) is 78.3 Å². The number of rotatable bonds is 5. The number of aromatic nitrogens is 1. The molecule has 192 valence electrons. The molecule has 1 atom stereocenters. The van der Waals surface area contributed by atoms with Gasteiger partial charge in [0.15, 0.2) is 4.80 Å². The number of halogens is 1. The lowest BCUT2D eigenvalue weighted by Crippen LogP contribution is -2.38. The molecular formula is C32H29BrN2O2S. The van der Waals surface area contributed by atoms with Crippen molar-refractivity contribution in [2.24, 2.45) is 4.99 Å². The molecule has 6 rings (SSSR count). The molecule has 4 nitrogen and oxygen atoms in total. The van der Waals surface area contributed by atoms with Crippen molar-refractivity contribution >= 4 is 39.0 Å². The highest BCUT2D eigenvalue weighted by molar-refractivity contribution is 9.10. The standard InChI is InChI=1S/C32H29BrN2O2S/c1-4-37-27-16-9-20(17-26(27)33)18-28-31(36)35-30(23-12-10-21(11-13-23)19(2)3)25-15-14-22-7-5-6-8-24(22)29(25)34-32(35)38-28/h5-13,16-19,30H,4,14-15H2,1-3H3. The fraction of sp³-hybridized carbons (Fsp3) is 0.250. The number of ether oxygens (including phenoxy) is 1. The first-order chi connectivity index (χ1) is 18.4. The molecule has 0 saturated carbocycles. The Labute approximate surface area is 234 Å². The Kier molecular flexibility index (Phi) is 6.70. The summed E-state index contributed by atoms with van der Waals surface area (Å²) in [4.78, 5) is 19.8. The molecule has 3 aromatic carbocycles. The Bertz CT molecular complexity index is 1750. The summed E-state index contributed by atoms with van der Waals surface area (Å²) in [6.07, 6.45) is 3.80. The average Bonchev–Trinajstić information content (AvgIpc) is 3.23. The summed E-state index contributed by atoms with van der Waals surface area (Å²) in [6, 6.07) is 23.1. The highest BCUT2D eigenvalue weighted by Gasteiger charge is 2.32. The predicted molar refractivity (Wildman–Crippen MR) is 159 cm³/mol. The second kappa shape index (κ2) is 10.2. The van der Waals surface area contributed by atoms with Crippen molar-refractivity contribution in [2.45, 2.75) is 45.6 Å². The topological polar surface area (TPSA) is 43.6 Å². The maximum absolute atomic E-state index is 14.0. The van der Waals surface area contributed by atoms with E-state index in [9.17, 15) is 4.79 Å². The first-order valence-corrected chi connectivity index (χ1v) is 14.7. The number of nitrogens with zero attached hydrogens (tertiary/aromatic N) is 2. The molecule has 0 saturated heterocycles. The van der Waals surface area contributed by atoms with E-state index in [-0.39, 0.29) is 11.6 Å². The highest BCUT2D eigenvalue weighted by atomic mass is 79.9. The van der Waals surface area contributed by atoms with Crippen LogP contribution in [0.15, 0.2) is 86.6 Å². The van der Waals surface area contributed by atoms with Crippen molar-refractivity contribution < 1.29 is 4.74 Å². The molecule has 0 spiro atoms. The van der Waals surface area contributed by atoms with Gasteiger partial charge < -0.3 is 4.74 Å². The van der Waals surface area contributed by atoms with Crippen LogP contribution < -0.4 is 19.6 Å². The van der Waals surface area contributed by atoms with E-state index in [1.807, 2.05) is 35.8 Å². The number of hydrogen-bond acceptors (Lipinski definition) is 4. The molecule has 0 amide bonds. The van der Waals surface area contributed by atoms with Crippen LogP contribution >= 0.6 is 27.3 Å². The van der Waals surface area contributed by atoms with E-state index >= 15 is 0 Å². The van der Waals surface area contributed by atoms with Crippen LogP contribution in [0.4, 0.5) is 0 Å². The molecule has 6 heteroatoms. The largest absolute Gasteiger partial charge is 0.493 e. The Hall–Kier alpha value is -3.22. The van der Waals surface area contributed by atoms with E-state index in [1.165, 1.54) is 33.6 Å². The molecule has 1 unspecified atom stereocenters. The van der Waals surface area contributed by atoms with Gasteiger partial charge in [0.2, 0.25) is 0 Å². The predicted octanol–water partition coefficient (Wildman–Crippen LogP) is 6.60. The first kappa shape index (κ1) is 25.1. The van der Waals surface area contributed by atoms with Gasteiger partial charge >= 0.3 is 0 Å². The molecule has 4 aromatic rings. The van der Waals surface area contributed by atoms with E-state index in [0.29, 0.717) is 17.1 Å². The second-order valence-corrected chi connectivity index (χ2v) is 11.9. The molecule has 2 aliphatic rings. The van der Waals surface area contributed by atoms with Gasteiger partial charge in [0.05, 0.1) is 27.4 Å². The maximum Gasteiger partial charge on any atom is 0.271 e. The third-order valence-electron chi connectivity index (χ3n) is 7.35. The van der Waals surface area contributed by atoms with Crippen LogP contribution in [-0.4, -0.2) is 11.2 Å². The Morgan fingerprint density at radius 1 is 1.11 bits per heavy atom. The zero-order chi connectivity index (χ0) is 26.4. The van der Waals surface area contributed by atoms with Crippen LogP contribution in [0.5, 0.6) is 5.75 Å². The zero-order valence-corrected chi connectivity index (χ0v) is 24.1.